The van der Waals surface area contributed by atoms with Crippen molar-refractivity contribution in [2.45, 2.75) is 32.9 Å². The number of aromatic hydroxyl groups is 1. The summed E-state index contributed by atoms with van der Waals surface area (Å²) in [6.07, 6.45) is 1.02. The molecule has 2 nitrogen and oxygen atoms in total. The van der Waals surface area contributed by atoms with Crippen molar-refractivity contribution in [1.82, 2.24) is 5.32 Å². The van der Waals surface area contributed by atoms with Crippen LogP contribution in [0, 0.1) is 6.92 Å². The molecular formula is C17H21NO. The molecule has 2 rings (SSSR count). The van der Waals surface area contributed by atoms with Crippen LogP contribution in [0.4, 0.5) is 0 Å². The summed E-state index contributed by atoms with van der Waals surface area (Å²) in [5.74, 6) is 0.401. The Labute approximate surface area is 115 Å². The van der Waals surface area contributed by atoms with Crippen LogP contribution >= 0.6 is 0 Å². The van der Waals surface area contributed by atoms with Gasteiger partial charge in [-0.05, 0) is 24.5 Å². The van der Waals surface area contributed by atoms with Crippen LogP contribution in [0.5, 0.6) is 5.75 Å². The van der Waals surface area contributed by atoms with E-state index >= 15 is 0 Å². The van der Waals surface area contributed by atoms with Gasteiger partial charge < -0.3 is 10.4 Å². The Bertz CT molecular complexity index is 522. The number of rotatable bonds is 5. The minimum Gasteiger partial charge on any atom is -0.507 e. The summed E-state index contributed by atoms with van der Waals surface area (Å²) in [5.41, 5.74) is 3.17. The van der Waals surface area contributed by atoms with Crippen molar-refractivity contribution in [2.75, 3.05) is 0 Å². The van der Waals surface area contributed by atoms with Crippen molar-refractivity contribution in [3.8, 4) is 5.75 Å². The highest BCUT2D eigenvalue weighted by atomic mass is 16.3. The number of phenolic OH excluding ortho intramolecular Hbond substituents is 1. The molecule has 0 aliphatic carbocycles. The summed E-state index contributed by atoms with van der Waals surface area (Å²) in [5, 5.41) is 13.5. The van der Waals surface area contributed by atoms with E-state index < -0.39 is 0 Å². The fourth-order valence-corrected chi connectivity index (χ4v) is 2.28. The van der Waals surface area contributed by atoms with E-state index in [0.29, 0.717) is 18.3 Å². The smallest absolute Gasteiger partial charge is 0.122 e. The van der Waals surface area contributed by atoms with Gasteiger partial charge in [0, 0.05) is 18.2 Å². The molecule has 0 saturated heterocycles. The Morgan fingerprint density at radius 2 is 1.79 bits per heavy atom. The number of aryl methyl sites for hydroxylation is 1. The van der Waals surface area contributed by atoms with Crippen molar-refractivity contribution in [3.63, 3.8) is 0 Å². The van der Waals surface area contributed by atoms with E-state index in [4.69, 9.17) is 0 Å². The van der Waals surface area contributed by atoms with E-state index in [9.17, 15) is 5.11 Å². The molecule has 1 atom stereocenters. The predicted octanol–water partition coefficient (Wildman–Crippen LogP) is 3.94. The Balaban J connectivity index is 2.06. The maximum absolute atomic E-state index is 10.0. The van der Waals surface area contributed by atoms with Gasteiger partial charge in [-0.15, -0.1) is 0 Å². The first kappa shape index (κ1) is 13.6. The minimum absolute atomic E-state index is 0.320. The van der Waals surface area contributed by atoms with Gasteiger partial charge in [0.05, 0.1) is 0 Å². The van der Waals surface area contributed by atoms with Crippen LogP contribution in [-0.2, 0) is 6.54 Å². The Morgan fingerprint density at radius 1 is 1.05 bits per heavy atom. The fraction of sp³-hybridized carbons (Fsp3) is 0.294. The van der Waals surface area contributed by atoms with Gasteiger partial charge in [-0.1, -0.05) is 55.5 Å². The third-order valence-corrected chi connectivity index (χ3v) is 3.47. The van der Waals surface area contributed by atoms with Crippen LogP contribution < -0.4 is 5.32 Å². The monoisotopic (exact) mass is 255 g/mol. The quantitative estimate of drug-likeness (QED) is 0.848. The zero-order chi connectivity index (χ0) is 13.7. The first-order valence-electron chi connectivity index (χ1n) is 6.78. The van der Waals surface area contributed by atoms with Crippen molar-refractivity contribution < 1.29 is 5.11 Å². The van der Waals surface area contributed by atoms with Crippen molar-refractivity contribution in [3.05, 3.63) is 65.2 Å². The third-order valence-electron chi connectivity index (χ3n) is 3.47. The lowest BCUT2D eigenvalue weighted by Gasteiger charge is -2.18. The largest absolute Gasteiger partial charge is 0.507 e. The van der Waals surface area contributed by atoms with E-state index in [-0.39, 0.29) is 0 Å². The molecule has 2 heteroatoms. The fourth-order valence-electron chi connectivity index (χ4n) is 2.28. The number of nitrogens with one attached hydrogen (secondary N) is 1. The van der Waals surface area contributed by atoms with Gasteiger partial charge in [-0.3, -0.25) is 0 Å². The number of hydrogen-bond acceptors (Lipinski definition) is 2. The molecular weight excluding hydrogens is 234 g/mol. The van der Waals surface area contributed by atoms with Crippen LogP contribution in [0.15, 0.2) is 48.5 Å². The molecule has 0 aliphatic heterocycles. The maximum atomic E-state index is 10.0. The number of benzene rings is 2. The van der Waals surface area contributed by atoms with Crippen molar-refractivity contribution >= 4 is 0 Å². The van der Waals surface area contributed by atoms with Crippen LogP contribution in [0.1, 0.15) is 36.1 Å². The second-order valence-electron chi connectivity index (χ2n) is 4.84. The molecule has 0 amide bonds. The average molecular weight is 255 g/mol. The van der Waals surface area contributed by atoms with Gasteiger partial charge in [-0.2, -0.15) is 0 Å². The second-order valence-corrected chi connectivity index (χ2v) is 4.84. The molecule has 0 spiro atoms. The van der Waals surface area contributed by atoms with Crippen molar-refractivity contribution in [2.24, 2.45) is 0 Å². The molecule has 0 aromatic heterocycles. The Hall–Kier alpha value is -1.80. The SMILES string of the molecule is CCC(NCc1cccc(C)c1O)c1ccccc1. The summed E-state index contributed by atoms with van der Waals surface area (Å²) in [7, 11) is 0. The predicted molar refractivity (Wildman–Crippen MR) is 79.2 cm³/mol. The highest BCUT2D eigenvalue weighted by molar-refractivity contribution is 5.39. The molecule has 0 heterocycles. The summed E-state index contributed by atoms with van der Waals surface area (Å²) in [4.78, 5) is 0. The first-order chi connectivity index (χ1) is 9.22. The standard InChI is InChI=1S/C17H21NO/c1-3-16(14-9-5-4-6-10-14)18-12-15-11-7-8-13(2)17(15)19/h4-11,16,18-19H,3,12H2,1-2H3. The van der Waals surface area contributed by atoms with E-state index in [1.165, 1.54) is 5.56 Å². The first-order valence-corrected chi connectivity index (χ1v) is 6.78. The summed E-state index contributed by atoms with van der Waals surface area (Å²) >= 11 is 0. The third kappa shape index (κ3) is 3.36. The summed E-state index contributed by atoms with van der Waals surface area (Å²) < 4.78 is 0. The number of hydrogen-bond donors (Lipinski definition) is 2. The molecule has 0 saturated carbocycles. The molecule has 2 aromatic rings. The zero-order valence-electron chi connectivity index (χ0n) is 11.6. The highest BCUT2D eigenvalue weighted by Gasteiger charge is 2.10. The molecule has 100 valence electrons. The number of para-hydroxylation sites is 1. The maximum Gasteiger partial charge on any atom is 0.122 e. The summed E-state index contributed by atoms with van der Waals surface area (Å²) in [6, 6.07) is 16.6. The average Bonchev–Trinajstić information content (AvgIpc) is 2.45. The van der Waals surface area contributed by atoms with E-state index in [1.807, 2.05) is 31.2 Å². The lowest BCUT2D eigenvalue weighted by atomic mass is 10.0. The molecule has 19 heavy (non-hydrogen) atoms. The molecule has 0 aliphatic rings. The Kier molecular flexibility index (Phi) is 4.58. The van der Waals surface area contributed by atoms with E-state index in [0.717, 1.165) is 17.5 Å². The van der Waals surface area contributed by atoms with Gasteiger partial charge >= 0.3 is 0 Å². The van der Waals surface area contributed by atoms with Gasteiger partial charge in [0.25, 0.3) is 0 Å². The van der Waals surface area contributed by atoms with Gasteiger partial charge in [0.2, 0.25) is 0 Å². The topological polar surface area (TPSA) is 32.3 Å². The van der Waals surface area contributed by atoms with Crippen LogP contribution in [0.2, 0.25) is 0 Å². The molecule has 0 radical (unpaired) electrons. The zero-order valence-corrected chi connectivity index (χ0v) is 11.6. The Morgan fingerprint density at radius 3 is 2.47 bits per heavy atom. The molecule has 0 fully saturated rings. The van der Waals surface area contributed by atoms with Crippen LogP contribution in [-0.4, -0.2) is 5.11 Å². The molecule has 0 bridgehead atoms. The normalized spacial score (nSPS) is 12.3. The summed E-state index contributed by atoms with van der Waals surface area (Å²) in [6.45, 7) is 4.77. The van der Waals surface area contributed by atoms with Gasteiger partial charge in [0.15, 0.2) is 0 Å². The van der Waals surface area contributed by atoms with E-state index in [1.54, 1.807) is 0 Å². The molecule has 2 aromatic carbocycles. The van der Waals surface area contributed by atoms with Crippen LogP contribution in [0.3, 0.4) is 0 Å². The number of phenols is 1. The minimum atomic E-state index is 0.320. The van der Waals surface area contributed by atoms with Crippen LogP contribution in [0.25, 0.3) is 0 Å². The van der Waals surface area contributed by atoms with Crippen molar-refractivity contribution in [1.29, 1.82) is 0 Å². The molecule has 1 unspecified atom stereocenters. The second kappa shape index (κ2) is 6.39. The van der Waals surface area contributed by atoms with E-state index in [2.05, 4.69) is 36.5 Å². The lowest BCUT2D eigenvalue weighted by molar-refractivity contribution is 0.451. The van der Waals surface area contributed by atoms with Gasteiger partial charge in [0.1, 0.15) is 5.75 Å². The molecule has 2 N–H and O–H groups in total. The van der Waals surface area contributed by atoms with Gasteiger partial charge in [-0.25, -0.2) is 0 Å². The lowest BCUT2D eigenvalue weighted by Crippen LogP contribution is -2.20. The highest BCUT2D eigenvalue weighted by Crippen LogP contribution is 2.23.